The molecule has 0 aliphatic carbocycles. The summed E-state index contributed by atoms with van der Waals surface area (Å²) in [4.78, 5) is 14.4. The summed E-state index contributed by atoms with van der Waals surface area (Å²) >= 11 is 0. The topological polar surface area (TPSA) is 85.5 Å². The van der Waals surface area contributed by atoms with E-state index in [1.165, 1.54) is 0 Å². The quantitative estimate of drug-likeness (QED) is 0.862. The number of aryl methyl sites for hydroxylation is 1. The van der Waals surface area contributed by atoms with Crippen LogP contribution >= 0.6 is 0 Å². The molecular weight excluding hydrogens is 224 g/mol. The molecule has 6 nitrogen and oxygen atoms in total. The Bertz CT molecular complexity index is 536. The molecule has 0 saturated carbocycles. The van der Waals surface area contributed by atoms with Crippen LogP contribution in [0.3, 0.4) is 0 Å². The van der Waals surface area contributed by atoms with Gasteiger partial charge in [0.15, 0.2) is 6.61 Å². The van der Waals surface area contributed by atoms with Gasteiger partial charge in [0.25, 0.3) is 0 Å². The fourth-order valence-electron chi connectivity index (χ4n) is 1.29. The van der Waals surface area contributed by atoms with E-state index in [4.69, 9.17) is 14.4 Å². The third-order valence-corrected chi connectivity index (χ3v) is 1.98. The van der Waals surface area contributed by atoms with Crippen LogP contribution in [0.25, 0.3) is 11.4 Å². The summed E-state index contributed by atoms with van der Waals surface area (Å²) in [6, 6.07) is 6.85. The van der Waals surface area contributed by atoms with Gasteiger partial charge in [0.05, 0.1) is 0 Å². The highest BCUT2D eigenvalue weighted by Crippen LogP contribution is 2.21. The minimum atomic E-state index is -1.02. The van der Waals surface area contributed by atoms with Crippen LogP contribution in [0.5, 0.6) is 5.75 Å². The summed E-state index contributed by atoms with van der Waals surface area (Å²) in [7, 11) is 0. The first-order chi connectivity index (χ1) is 8.15. The normalized spacial score (nSPS) is 10.2. The first-order valence-electron chi connectivity index (χ1n) is 4.90. The van der Waals surface area contributed by atoms with Gasteiger partial charge >= 0.3 is 5.97 Å². The van der Waals surface area contributed by atoms with Crippen LogP contribution in [0.4, 0.5) is 0 Å². The van der Waals surface area contributed by atoms with Gasteiger partial charge in [-0.2, -0.15) is 4.98 Å². The molecule has 1 heterocycles. The molecule has 0 bridgehead atoms. The third kappa shape index (κ3) is 2.81. The summed E-state index contributed by atoms with van der Waals surface area (Å²) in [6.07, 6.45) is 0. The fourth-order valence-corrected chi connectivity index (χ4v) is 1.29. The molecule has 0 amide bonds. The van der Waals surface area contributed by atoms with Crippen LogP contribution in [-0.4, -0.2) is 27.8 Å². The van der Waals surface area contributed by atoms with E-state index in [9.17, 15) is 4.79 Å². The largest absolute Gasteiger partial charge is 0.482 e. The summed E-state index contributed by atoms with van der Waals surface area (Å²) in [6.45, 7) is 1.32. The molecule has 1 N–H and O–H groups in total. The van der Waals surface area contributed by atoms with E-state index < -0.39 is 5.97 Å². The lowest BCUT2D eigenvalue weighted by molar-refractivity contribution is -0.139. The Morgan fingerprint density at radius 2 is 2.35 bits per heavy atom. The van der Waals surface area contributed by atoms with Crippen molar-refractivity contribution in [2.45, 2.75) is 6.92 Å². The zero-order chi connectivity index (χ0) is 12.3. The molecule has 1 aromatic carbocycles. The Kier molecular flexibility index (Phi) is 3.04. The molecule has 6 heteroatoms. The Morgan fingerprint density at radius 3 is 3.00 bits per heavy atom. The Balaban J connectivity index is 2.19. The van der Waals surface area contributed by atoms with Crippen molar-refractivity contribution in [1.82, 2.24) is 10.1 Å². The molecule has 0 atom stereocenters. The molecular formula is C11H10N2O4. The number of carbonyl (C=O) groups is 1. The molecule has 2 rings (SSSR count). The second kappa shape index (κ2) is 4.65. The van der Waals surface area contributed by atoms with Crippen LogP contribution < -0.4 is 4.74 Å². The molecule has 88 valence electrons. The van der Waals surface area contributed by atoms with E-state index in [0.29, 0.717) is 23.0 Å². The van der Waals surface area contributed by atoms with Gasteiger partial charge in [0, 0.05) is 12.5 Å². The number of nitrogens with zero attached hydrogens (tertiary/aromatic N) is 2. The number of ether oxygens (including phenoxy) is 1. The highest BCUT2D eigenvalue weighted by atomic mass is 16.5. The maximum atomic E-state index is 10.4. The molecule has 0 saturated heterocycles. The average molecular weight is 234 g/mol. The van der Waals surface area contributed by atoms with Crippen molar-refractivity contribution in [2.24, 2.45) is 0 Å². The SMILES string of the molecule is Cc1nc(-c2cccc(OCC(=O)O)c2)no1. The van der Waals surface area contributed by atoms with Crippen LogP contribution in [0, 0.1) is 6.92 Å². The van der Waals surface area contributed by atoms with Crippen molar-refractivity contribution < 1.29 is 19.2 Å². The number of rotatable bonds is 4. The highest BCUT2D eigenvalue weighted by Gasteiger charge is 2.07. The maximum Gasteiger partial charge on any atom is 0.341 e. The number of hydrogen-bond donors (Lipinski definition) is 1. The smallest absolute Gasteiger partial charge is 0.341 e. The van der Waals surface area contributed by atoms with Crippen molar-refractivity contribution in [1.29, 1.82) is 0 Å². The van der Waals surface area contributed by atoms with Gasteiger partial charge in [0.2, 0.25) is 11.7 Å². The van der Waals surface area contributed by atoms with Crippen LogP contribution in [0.2, 0.25) is 0 Å². The molecule has 0 fully saturated rings. The van der Waals surface area contributed by atoms with Gasteiger partial charge in [-0.25, -0.2) is 4.79 Å². The van der Waals surface area contributed by atoms with Gasteiger partial charge in [-0.05, 0) is 12.1 Å². The molecule has 0 aliphatic rings. The van der Waals surface area contributed by atoms with E-state index in [1.54, 1.807) is 31.2 Å². The summed E-state index contributed by atoms with van der Waals surface area (Å²) in [5.74, 6) is 0.346. The molecule has 0 spiro atoms. The van der Waals surface area contributed by atoms with Crippen molar-refractivity contribution >= 4 is 5.97 Å². The lowest BCUT2D eigenvalue weighted by Crippen LogP contribution is -2.09. The summed E-state index contributed by atoms with van der Waals surface area (Å²) in [5.41, 5.74) is 0.713. The number of benzene rings is 1. The molecule has 1 aromatic heterocycles. The number of carboxylic acid groups (broad SMARTS) is 1. The van der Waals surface area contributed by atoms with E-state index in [2.05, 4.69) is 10.1 Å². The van der Waals surface area contributed by atoms with Crippen LogP contribution in [0.1, 0.15) is 5.89 Å². The molecule has 17 heavy (non-hydrogen) atoms. The zero-order valence-corrected chi connectivity index (χ0v) is 9.08. The standard InChI is InChI=1S/C11H10N2O4/c1-7-12-11(13-17-7)8-3-2-4-9(5-8)16-6-10(14)15/h2-5H,6H2,1H3,(H,14,15). The number of hydrogen-bond acceptors (Lipinski definition) is 5. The average Bonchev–Trinajstić information content (AvgIpc) is 2.74. The second-order valence-corrected chi connectivity index (χ2v) is 3.35. The van der Waals surface area contributed by atoms with Gasteiger partial charge in [0.1, 0.15) is 5.75 Å². The Labute approximate surface area is 96.8 Å². The van der Waals surface area contributed by atoms with Crippen molar-refractivity contribution in [3.8, 4) is 17.1 Å². The maximum absolute atomic E-state index is 10.4. The van der Waals surface area contributed by atoms with Crippen molar-refractivity contribution in [2.75, 3.05) is 6.61 Å². The third-order valence-electron chi connectivity index (χ3n) is 1.98. The van der Waals surface area contributed by atoms with E-state index in [-0.39, 0.29) is 6.61 Å². The predicted octanol–water partition coefficient (Wildman–Crippen LogP) is 1.51. The second-order valence-electron chi connectivity index (χ2n) is 3.35. The van der Waals surface area contributed by atoms with Gasteiger partial charge in [-0.1, -0.05) is 17.3 Å². The molecule has 2 aromatic rings. The Hall–Kier alpha value is -2.37. The Morgan fingerprint density at radius 1 is 1.53 bits per heavy atom. The fraction of sp³-hybridized carbons (Fsp3) is 0.182. The van der Waals surface area contributed by atoms with E-state index in [0.717, 1.165) is 0 Å². The van der Waals surface area contributed by atoms with Gasteiger partial charge in [-0.15, -0.1) is 0 Å². The molecule has 0 radical (unpaired) electrons. The van der Waals surface area contributed by atoms with Crippen molar-refractivity contribution in [3.63, 3.8) is 0 Å². The van der Waals surface area contributed by atoms with Crippen LogP contribution in [0.15, 0.2) is 28.8 Å². The monoisotopic (exact) mass is 234 g/mol. The summed E-state index contributed by atoms with van der Waals surface area (Å²) in [5, 5.41) is 12.3. The number of carboxylic acids is 1. The van der Waals surface area contributed by atoms with Gasteiger partial charge < -0.3 is 14.4 Å². The lowest BCUT2D eigenvalue weighted by atomic mass is 10.2. The minimum Gasteiger partial charge on any atom is -0.482 e. The number of aliphatic carboxylic acids is 1. The first kappa shape index (κ1) is 11.1. The van der Waals surface area contributed by atoms with Crippen molar-refractivity contribution in [3.05, 3.63) is 30.2 Å². The summed E-state index contributed by atoms with van der Waals surface area (Å²) < 4.78 is 9.91. The lowest BCUT2D eigenvalue weighted by Gasteiger charge is -2.03. The zero-order valence-electron chi connectivity index (χ0n) is 9.08. The van der Waals surface area contributed by atoms with E-state index in [1.807, 2.05) is 0 Å². The predicted molar refractivity (Wildman–Crippen MR) is 57.6 cm³/mol. The minimum absolute atomic E-state index is 0.380. The molecule has 0 unspecified atom stereocenters. The van der Waals surface area contributed by atoms with Gasteiger partial charge in [-0.3, -0.25) is 0 Å². The van der Waals surface area contributed by atoms with Crippen LogP contribution in [-0.2, 0) is 4.79 Å². The molecule has 0 aliphatic heterocycles. The first-order valence-corrected chi connectivity index (χ1v) is 4.90. The van der Waals surface area contributed by atoms with E-state index >= 15 is 0 Å². The number of aromatic nitrogens is 2. The highest BCUT2D eigenvalue weighted by molar-refractivity contribution is 5.68.